The summed E-state index contributed by atoms with van der Waals surface area (Å²) in [6.07, 6.45) is 0.441. The lowest BCUT2D eigenvalue weighted by Gasteiger charge is -2.27. The van der Waals surface area contributed by atoms with E-state index in [0.717, 1.165) is 36.4 Å². The van der Waals surface area contributed by atoms with Crippen molar-refractivity contribution in [3.63, 3.8) is 0 Å². The summed E-state index contributed by atoms with van der Waals surface area (Å²) < 4.78 is 6.56. The molecule has 0 bridgehead atoms. The first-order chi connectivity index (χ1) is 8.75. The molecule has 0 unspecified atom stereocenters. The van der Waals surface area contributed by atoms with Gasteiger partial charge in [0.05, 0.1) is 13.0 Å². The molecule has 18 heavy (non-hydrogen) atoms. The summed E-state index contributed by atoms with van der Waals surface area (Å²) in [7, 11) is 0. The lowest BCUT2D eigenvalue weighted by Crippen LogP contribution is -2.46. The Morgan fingerprint density at radius 2 is 1.94 bits per heavy atom. The number of halogens is 1. The van der Waals surface area contributed by atoms with E-state index in [9.17, 15) is 4.79 Å². The van der Waals surface area contributed by atoms with Crippen molar-refractivity contribution in [3.8, 4) is 5.75 Å². The Kier molecular flexibility index (Phi) is 5.01. The zero-order chi connectivity index (χ0) is 12.8. The minimum atomic E-state index is 0.175. The number of ether oxygens (including phenoxy) is 1. The standard InChI is InChI=1S/C13H17BrN2O2/c14-11-1-3-12(4-2-11)18-10-5-13(17)16-8-6-15-7-9-16/h1-4,15H,5-10H2. The maximum Gasteiger partial charge on any atom is 0.226 e. The van der Waals surface area contributed by atoms with Crippen molar-refractivity contribution in [3.05, 3.63) is 28.7 Å². The molecule has 1 aromatic carbocycles. The van der Waals surface area contributed by atoms with E-state index in [1.54, 1.807) is 0 Å². The minimum absolute atomic E-state index is 0.175. The summed E-state index contributed by atoms with van der Waals surface area (Å²) in [4.78, 5) is 13.7. The molecule has 1 aromatic rings. The average molecular weight is 313 g/mol. The molecule has 0 radical (unpaired) electrons. The molecule has 1 heterocycles. The molecule has 5 heteroatoms. The van der Waals surface area contributed by atoms with Crippen molar-refractivity contribution < 1.29 is 9.53 Å². The topological polar surface area (TPSA) is 41.6 Å². The molecule has 0 aromatic heterocycles. The van der Waals surface area contributed by atoms with Crippen molar-refractivity contribution >= 4 is 21.8 Å². The third-order valence-electron chi connectivity index (χ3n) is 2.87. The molecule has 98 valence electrons. The third kappa shape index (κ3) is 3.99. The first-order valence-electron chi connectivity index (χ1n) is 6.12. The van der Waals surface area contributed by atoms with Crippen molar-refractivity contribution in [2.75, 3.05) is 32.8 Å². The van der Waals surface area contributed by atoms with Crippen LogP contribution in [0, 0.1) is 0 Å². The first-order valence-corrected chi connectivity index (χ1v) is 6.92. The smallest absolute Gasteiger partial charge is 0.226 e. The number of piperazine rings is 1. The molecular weight excluding hydrogens is 296 g/mol. The zero-order valence-corrected chi connectivity index (χ0v) is 11.8. The van der Waals surface area contributed by atoms with Crippen molar-refractivity contribution in [2.24, 2.45) is 0 Å². The first kappa shape index (κ1) is 13.4. The van der Waals surface area contributed by atoms with Gasteiger partial charge in [-0.1, -0.05) is 15.9 Å². The van der Waals surface area contributed by atoms with Gasteiger partial charge in [0.1, 0.15) is 5.75 Å². The second kappa shape index (κ2) is 6.75. The third-order valence-corrected chi connectivity index (χ3v) is 3.40. The highest BCUT2D eigenvalue weighted by Crippen LogP contribution is 2.16. The zero-order valence-electron chi connectivity index (χ0n) is 10.2. The summed E-state index contributed by atoms with van der Waals surface area (Å²) >= 11 is 3.37. The van der Waals surface area contributed by atoms with Gasteiger partial charge in [0.25, 0.3) is 0 Å². The Balaban J connectivity index is 1.71. The van der Waals surface area contributed by atoms with Crippen LogP contribution in [0.1, 0.15) is 6.42 Å². The molecule has 0 saturated carbocycles. The Morgan fingerprint density at radius 1 is 1.28 bits per heavy atom. The largest absolute Gasteiger partial charge is 0.493 e. The molecule has 0 atom stereocenters. The molecule has 2 rings (SSSR count). The van der Waals surface area contributed by atoms with Crippen LogP contribution in [-0.4, -0.2) is 43.6 Å². The van der Waals surface area contributed by atoms with Gasteiger partial charge in [-0.05, 0) is 24.3 Å². The highest BCUT2D eigenvalue weighted by Gasteiger charge is 2.15. The van der Waals surface area contributed by atoms with E-state index in [1.165, 1.54) is 0 Å². The van der Waals surface area contributed by atoms with Gasteiger partial charge < -0.3 is 15.0 Å². The van der Waals surface area contributed by atoms with E-state index in [0.29, 0.717) is 13.0 Å². The Labute approximate surface area is 115 Å². The van der Waals surface area contributed by atoms with Crippen LogP contribution in [0.3, 0.4) is 0 Å². The number of nitrogens with zero attached hydrogens (tertiary/aromatic N) is 1. The molecule has 0 spiro atoms. The molecule has 1 amide bonds. The summed E-state index contributed by atoms with van der Waals surface area (Å²) in [5.41, 5.74) is 0. The van der Waals surface area contributed by atoms with Gasteiger partial charge in [-0.15, -0.1) is 0 Å². The summed E-state index contributed by atoms with van der Waals surface area (Å²) in [5.74, 6) is 0.972. The molecule has 4 nitrogen and oxygen atoms in total. The van der Waals surface area contributed by atoms with Crippen LogP contribution >= 0.6 is 15.9 Å². The van der Waals surface area contributed by atoms with Crippen LogP contribution in [-0.2, 0) is 4.79 Å². The summed E-state index contributed by atoms with van der Waals surface area (Å²) in [6.45, 7) is 3.82. The molecule has 1 N–H and O–H groups in total. The fraction of sp³-hybridized carbons (Fsp3) is 0.462. The fourth-order valence-corrected chi connectivity index (χ4v) is 2.12. The normalized spacial score (nSPS) is 15.5. The number of hydrogen-bond donors (Lipinski definition) is 1. The number of hydrogen-bond acceptors (Lipinski definition) is 3. The van der Waals surface area contributed by atoms with E-state index in [-0.39, 0.29) is 5.91 Å². The van der Waals surface area contributed by atoms with E-state index < -0.39 is 0 Å². The summed E-state index contributed by atoms with van der Waals surface area (Å²) in [5, 5.41) is 3.23. The maximum absolute atomic E-state index is 11.9. The van der Waals surface area contributed by atoms with Gasteiger partial charge in [0.2, 0.25) is 5.91 Å². The second-order valence-corrected chi connectivity index (χ2v) is 5.10. The summed E-state index contributed by atoms with van der Waals surface area (Å²) in [6, 6.07) is 7.62. The van der Waals surface area contributed by atoms with E-state index >= 15 is 0 Å². The number of amides is 1. The van der Waals surface area contributed by atoms with Crippen molar-refractivity contribution in [1.29, 1.82) is 0 Å². The van der Waals surface area contributed by atoms with Crippen LogP contribution in [0.5, 0.6) is 5.75 Å². The molecule has 0 aliphatic carbocycles. The van der Waals surface area contributed by atoms with Crippen LogP contribution in [0.15, 0.2) is 28.7 Å². The number of carbonyl (C=O) groups is 1. The predicted molar refractivity (Wildman–Crippen MR) is 73.7 cm³/mol. The van der Waals surface area contributed by atoms with Gasteiger partial charge >= 0.3 is 0 Å². The highest BCUT2D eigenvalue weighted by atomic mass is 79.9. The number of carbonyl (C=O) groups excluding carboxylic acids is 1. The molecule has 1 fully saturated rings. The maximum atomic E-state index is 11.9. The van der Waals surface area contributed by atoms with Gasteiger partial charge in [0.15, 0.2) is 0 Å². The number of nitrogens with one attached hydrogen (secondary N) is 1. The monoisotopic (exact) mass is 312 g/mol. The molecule has 1 aliphatic heterocycles. The van der Waals surface area contributed by atoms with Crippen LogP contribution in [0.2, 0.25) is 0 Å². The lowest BCUT2D eigenvalue weighted by molar-refractivity contribution is -0.132. The van der Waals surface area contributed by atoms with Gasteiger partial charge in [-0.25, -0.2) is 0 Å². The Morgan fingerprint density at radius 3 is 2.61 bits per heavy atom. The number of benzene rings is 1. The van der Waals surface area contributed by atoms with Gasteiger partial charge in [0, 0.05) is 30.7 Å². The van der Waals surface area contributed by atoms with E-state index in [2.05, 4.69) is 21.2 Å². The molecular formula is C13H17BrN2O2. The number of rotatable bonds is 4. The fourth-order valence-electron chi connectivity index (χ4n) is 1.86. The predicted octanol–water partition coefficient (Wildman–Crippen LogP) is 1.65. The van der Waals surface area contributed by atoms with Crippen LogP contribution in [0.4, 0.5) is 0 Å². The quantitative estimate of drug-likeness (QED) is 0.919. The SMILES string of the molecule is O=C(CCOc1ccc(Br)cc1)N1CCNCC1. The van der Waals surface area contributed by atoms with Crippen LogP contribution < -0.4 is 10.1 Å². The highest BCUT2D eigenvalue weighted by molar-refractivity contribution is 9.10. The second-order valence-electron chi connectivity index (χ2n) is 4.18. The average Bonchev–Trinajstić information content (AvgIpc) is 2.42. The lowest BCUT2D eigenvalue weighted by atomic mass is 10.3. The molecule has 1 saturated heterocycles. The van der Waals surface area contributed by atoms with Gasteiger partial charge in [-0.2, -0.15) is 0 Å². The molecule has 1 aliphatic rings. The van der Waals surface area contributed by atoms with Crippen molar-refractivity contribution in [2.45, 2.75) is 6.42 Å². The van der Waals surface area contributed by atoms with E-state index in [4.69, 9.17) is 4.74 Å². The minimum Gasteiger partial charge on any atom is -0.493 e. The van der Waals surface area contributed by atoms with Crippen molar-refractivity contribution in [1.82, 2.24) is 10.2 Å². The van der Waals surface area contributed by atoms with E-state index in [1.807, 2.05) is 29.2 Å². The Bertz CT molecular complexity index is 388. The Hall–Kier alpha value is -1.07. The van der Waals surface area contributed by atoms with Gasteiger partial charge in [-0.3, -0.25) is 4.79 Å². The van der Waals surface area contributed by atoms with Crippen LogP contribution in [0.25, 0.3) is 0 Å².